The zero-order chi connectivity index (χ0) is 23.1. The molecule has 0 bridgehead atoms. The minimum atomic E-state index is -4.60. The maximum Gasteiger partial charge on any atom is 0.460 e. The molecule has 1 aromatic heterocycles. The second-order valence-electron chi connectivity index (χ2n) is 6.69. The number of benzene rings is 3. The molecule has 0 aliphatic heterocycles. The van der Waals surface area contributed by atoms with Gasteiger partial charge in [0.1, 0.15) is 5.75 Å². The first-order valence-electron chi connectivity index (χ1n) is 8.97. The topological polar surface area (TPSA) is 78.0 Å². The molecule has 1 unspecified atom stereocenters. The molecule has 0 saturated heterocycles. The Balaban J connectivity index is 1.64. The number of nitrogens with zero attached hydrogens (tertiary/aromatic N) is 1. The minimum Gasteiger partial charge on any atom is -0.768 e. The Morgan fingerprint density at radius 2 is 1.62 bits per heavy atom. The molecule has 4 rings (SSSR count). The first-order chi connectivity index (χ1) is 15.0. The van der Waals surface area contributed by atoms with Crippen molar-refractivity contribution >= 4 is 22.1 Å². The van der Waals surface area contributed by atoms with E-state index in [9.17, 15) is 30.7 Å². The average Bonchev–Trinajstić information content (AvgIpc) is 3.17. The van der Waals surface area contributed by atoms with Crippen molar-refractivity contribution in [2.24, 2.45) is 0 Å². The Bertz CT molecular complexity index is 1300. The van der Waals surface area contributed by atoms with Crippen LogP contribution in [0.3, 0.4) is 0 Å². The van der Waals surface area contributed by atoms with Gasteiger partial charge in [0.05, 0.1) is 16.6 Å². The number of aromatic nitrogens is 2. The lowest BCUT2D eigenvalue weighted by Crippen LogP contribution is -2.23. The summed E-state index contributed by atoms with van der Waals surface area (Å²) in [4.78, 5) is 6.27. The van der Waals surface area contributed by atoms with Gasteiger partial charge in [0.2, 0.25) is 5.82 Å². The number of aromatic amines is 1. The van der Waals surface area contributed by atoms with Crippen LogP contribution < -0.4 is 4.74 Å². The lowest BCUT2D eigenvalue weighted by molar-refractivity contribution is -0.191. The maximum atomic E-state index is 14.6. The largest absolute Gasteiger partial charge is 0.768 e. The summed E-state index contributed by atoms with van der Waals surface area (Å²) < 4.78 is 94.5. The van der Waals surface area contributed by atoms with Crippen LogP contribution in [0.2, 0.25) is 0 Å². The van der Waals surface area contributed by atoms with Crippen molar-refractivity contribution < 1.29 is 35.5 Å². The zero-order valence-electron chi connectivity index (χ0n) is 15.8. The SMILES string of the molecule is O=S([O-])c1ccccc1-c1ccc2nc(C(F)(F)Oc3ccc(C(F)(F)F)cc3)[nH]c2c1. The smallest absolute Gasteiger partial charge is 0.460 e. The van der Waals surface area contributed by atoms with Gasteiger partial charge in [-0.1, -0.05) is 24.3 Å². The van der Waals surface area contributed by atoms with E-state index in [2.05, 4.69) is 14.7 Å². The van der Waals surface area contributed by atoms with Gasteiger partial charge >= 0.3 is 12.3 Å². The molecule has 166 valence electrons. The molecule has 5 nitrogen and oxygen atoms in total. The number of ether oxygens (including phenoxy) is 1. The number of hydrogen-bond donors (Lipinski definition) is 1. The molecule has 1 atom stereocenters. The van der Waals surface area contributed by atoms with Crippen LogP contribution in [0.25, 0.3) is 22.2 Å². The maximum absolute atomic E-state index is 14.6. The number of H-pyrrole nitrogens is 1. The second-order valence-corrected chi connectivity index (χ2v) is 7.60. The van der Waals surface area contributed by atoms with E-state index in [0.29, 0.717) is 23.3 Å². The Labute approximate surface area is 180 Å². The zero-order valence-corrected chi connectivity index (χ0v) is 16.6. The van der Waals surface area contributed by atoms with Crippen LogP contribution in [0.4, 0.5) is 22.0 Å². The van der Waals surface area contributed by atoms with Gasteiger partial charge < -0.3 is 14.3 Å². The summed E-state index contributed by atoms with van der Waals surface area (Å²) in [6.07, 6.45) is -8.57. The van der Waals surface area contributed by atoms with E-state index in [1.54, 1.807) is 18.2 Å². The van der Waals surface area contributed by atoms with Gasteiger partial charge in [0.25, 0.3) is 0 Å². The molecule has 32 heavy (non-hydrogen) atoms. The third-order valence-electron chi connectivity index (χ3n) is 4.56. The van der Waals surface area contributed by atoms with E-state index in [4.69, 9.17) is 0 Å². The predicted octanol–water partition coefficient (Wildman–Crippen LogP) is 5.62. The summed E-state index contributed by atoms with van der Waals surface area (Å²) >= 11 is -2.50. The van der Waals surface area contributed by atoms with E-state index in [1.807, 2.05) is 0 Å². The summed E-state index contributed by atoms with van der Waals surface area (Å²) in [6.45, 7) is 0. The molecule has 0 saturated carbocycles. The van der Waals surface area contributed by atoms with Gasteiger partial charge in [-0.3, -0.25) is 4.21 Å². The summed E-state index contributed by atoms with van der Waals surface area (Å²) in [5.74, 6) is -1.33. The highest BCUT2D eigenvalue weighted by atomic mass is 32.2. The highest BCUT2D eigenvalue weighted by Crippen LogP contribution is 2.35. The van der Waals surface area contributed by atoms with Crippen molar-refractivity contribution in [2.75, 3.05) is 0 Å². The normalized spacial score (nSPS) is 13.3. The average molecular weight is 467 g/mol. The summed E-state index contributed by atoms with van der Waals surface area (Å²) in [7, 11) is 0. The van der Waals surface area contributed by atoms with Gasteiger partial charge in [0.15, 0.2) is 0 Å². The van der Waals surface area contributed by atoms with Gasteiger partial charge in [0, 0.05) is 4.90 Å². The van der Waals surface area contributed by atoms with Crippen molar-refractivity contribution in [1.29, 1.82) is 0 Å². The van der Waals surface area contributed by atoms with Crippen LogP contribution in [0.5, 0.6) is 5.75 Å². The number of hydrogen-bond acceptors (Lipinski definition) is 4. The standard InChI is InChI=1S/C21H13F5N2O3S/c22-20(23,24)13-6-8-14(9-7-13)31-21(25,26)19-27-16-10-5-12(11-17(16)28-19)15-3-1-2-4-18(15)32(29)30/h1-11H,(H,27,28)(H,29,30)/p-1. The molecule has 0 fully saturated rings. The fourth-order valence-electron chi connectivity index (χ4n) is 3.07. The third-order valence-corrected chi connectivity index (χ3v) is 5.28. The molecule has 0 radical (unpaired) electrons. The van der Waals surface area contributed by atoms with Crippen molar-refractivity contribution in [2.45, 2.75) is 17.2 Å². The number of fused-ring (bicyclic) bond motifs is 1. The highest BCUT2D eigenvalue weighted by Gasteiger charge is 2.39. The van der Waals surface area contributed by atoms with Crippen LogP contribution >= 0.6 is 0 Å². The number of imidazole rings is 1. The molecule has 0 aliphatic rings. The summed E-state index contributed by atoms with van der Waals surface area (Å²) in [5.41, 5.74) is 0.203. The van der Waals surface area contributed by atoms with E-state index in [-0.39, 0.29) is 15.9 Å². The van der Waals surface area contributed by atoms with Gasteiger partial charge in [-0.15, -0.1) is 0 Å². The van der Waals surface area contributed by atoms with E-state index in [1.165, 1.54) is 24.3 Å². The van der Waals surface area contributed by atoms with Crippen molar-refractivity contribution in [3.63, 3.8) is 0 Å². The molecule has 0 amide bonds. The van der Waals surface area contributed by atoms with Crippen LogP contribution in [-0.2, 0) is 23.4 Å². The quantitative estimate of drug-likeness (QED) is 0.306. The van der Waals surface area contributed by atoms with Crippen molar-refractivity contribution in [3.8, 4) is 16.9 Å². The molecule has 11 heteroatoms. The van der Waals surface area contributed by atoms with Crippen molar-refractivity contribution in [1.82, 2.24) is 9.97 Å². The second kappa shape index (κ2) is 7.99. The van der Waals surface area contributed by atoms with Crippen molar-refractivity contribution in [3.05, 3.63) is 78.1 Å². The molecular formula is C21H12F5N2O3S-. The van der Waals surface area contributed by atoms with Gasteiger partial charge in [-0.2, -0.15) is 22.0 Å². The third kappa shape index (κ3) is 4.34. The fraction of sp³-hybridized carbons (Fsp3) is 0.0952. The first-order valence-corrected chi connectivity index (χ1v) is 10.0. The van der Waals surface area contributed by atoms with Gasteiger partial charge in [-0.05, 0) is 64.7 Å². The van der Waals surface area contributed by atoms with Gasteiger partial charge in [-0.25, -0.2) is 4.98 Å². The molecule has 0 aliphatic carbocycles. The van der Waals surface area contributed by atoms with Crippen LogP contribution in [0.15, 0.2) is 71.6 Å². The number of nitrogens with one attached hydrogen (secondary N) is 1. The summed E-state index contributed by atoms with van der Waals surface area (Å²) in [6, 6.07) is 13.5. The number of halogens is 5. The molecule has 1 heterocycles. The Morgan fingerprint density at radius 3 is 2.28 bits per heavy atom. The van der Waals surface area contributed by atoms with E-state index >= 15 is 0 Å². The van der Waals surface area contributed by atoms with E-state index in [0.717, 1.165) is 12.1 Å². The molecule has 4 aromatic rings. The molecule has 1 N–H and O–H groups in total. The molecular weight excluding hydrogens is 455 g/mol. The van der Waals surface area contributed by atoms with Crippen LogP contribution in [-0.4, -0.2) is 18.7 Å². The fourth-order valence-corrected chi connectivity index (χ4v) is 3.63. The monoisotopic (exact) mass is 467 g/mol. The van der Waals surface area contributed by atoms with Crippen LogP contribution in [0.1, 0.15) is 11.4 Å². The predicted molar refractivity (Wildman–Crippen MR) is 105 cm³/mol. The van der Waals surface area contributed by atoms with Crippen LogP contribution in [0, 0.1) is 0 Å². The minimum absolute atomic E-state index is 0.0440. The summed E-state index contributed by atoms with van der Waals surface area (Å²) in [5, 5.41) is 0. The van der Waals surface area contributed by atoms with E-state index < -0.39 is 40.5 Å². The number of rotatable bonds is 5. The molecule has 3 aromatic carbocycles. The lowest BCUT2D eigenvalue weighted by atomic mass is 10.1. The lowest BCUT2D eigenvalue weighted by Gasteiger charge is -2.16. The molecule has 0 spiro atoms. The highest BCUT2D eigenvalue weighted by molar-refractivity contribution is 7.79. The first kappa shape index (κ1) is 21.9. The number of alkyl halides is 5. The Morgan fingerprint density at radius 1 is 0.938 bits per heavy atom. The Kier molecular flexibility index (Phi) is 5.47. The Hall–Kier alpha value is -3.31.